The molecule has 0 atom stereocenters. The standard InChI is InChI=1S/C24H23N3O/c1-16-22-23(19-13-7-9-15-21(19)28-2)18-12-6-8-14-20(18)25-24(22)27(26-16)17-10-4-3-5-11-17/h3-5,7,9-11,13,15H,6,8,12,14H2,1-2H3. The number of benzene rings is 2. The third kappa shape index (κ3) is 2.60. The summed E-state index contributed by atoms with van der Waals surface area (Å²) in [4.78, 5) is 5.11. The monoisotopic (exact) mass is 369 g/mol. The van der Waals surface area contributed by atoms with E-state index in [-0.39, 0.29) is 0 Å². The molecule has 2 aromatic carbocycles. The number of fused-ring (bicyclic) bond motifs is 2. The molecule has 0 bridgehead atoms. The molecule has 4 heteroatoms. The van der Waals surface area contributed by atoms with Gasteiger partial charge in [-0.25, -0.2) is 9.67 Å². The smallest absolute Gasteiger partial charge is 0.164 e. The maximum Gasteiger partial charge on any atom is 0.164 e. The van der Waals surface area contributed by atoms with Crippen LogP contribution in [0.3, 0.4) is 0 Å². The molecule has 0 N–H and O–H groups in total. The van der Waals surface area contributed by atoms with E-state index in [1.54, 1.807) is 7.11 Å². The van der Waals surface area contributed by atoms with Crippen LogP contribution >= 0.6 is 0 Å². The predicted octanol–water partition coefficient (Wildman–Crippen LogP) is 5.28. The second kappa shape index (κ2) is 6.79. The van der Waals surface area contributed by atoms with Crippen molar-refractivity contribution in [2.45, 2.75) is 32.6 Å². The summed E-state index contributed by atoms with van der Waals surface area (Å²) in [7, 11) is 1.74. The van der Waals surface area contributed by atoms with Crippen molar-refractivity contribution in [3.63, 3.8) is 0 Å². The summed E-state index contributed by atoms with van der Waals surface area (Å²) in [6.07, 6.45) is 4.47. The molecule has 0 saturated heterocycles. The molecule has 1 aliphatic rings. The molecular formula is C24H23N3O. The van der Waals surface area contributed by atoms with Crippen molar-refractivity contribution in [2.75, 3.05) is 7.11 Å². The lowest BCUT2D eigenvalue weighted by Crippen LogP contribution is -2.09. The van der Waals surface area contributed by atoms with Crippen molar-refractivity contribution in [3.05, 3.63) is 71.5 Å². The Morgan fingerprint density at radius 3 is 2.50 bits per heavy atom. The lowest BCUT2D eigenvalue weighted by atomic mass is 9.87. The number of hydrogen-bond donors (Lipinski definition) is 0. The zero-order valence-electron chi connectivity index (χ0n) is 16.3. The fourth-order valence-corrected chi connectivity index (χ4v) is 4.37. The van der Waals surface area contributed by atoms with E-state index in [2.05, 4.69) is 31.2 Å². The molecular weight excluding hydrogens is 346 g/mol. The van der Waals surface area contributed by atoms with E-state index < -0.39 is 0 Å². The Labute approximate surface area is 164 Å². The molecule has 0 aliphatic heterocycles. The van der Waals surface area contributed by atoms with E-state index >= 15 is 0 Å². The van der Waals surface area contributed by atoms with Crippen molar-refractivity contribution in [2.24, 2.45) is 0 Å². The second-order valence-electron chi connectivity index (χ2n) is 7.35. The molecule has 1 aliphatic carbocycles. The van der Waals surface area contributed by atoms with Gasteiger partial charge >= 0.3 is 0 Å². The molecule has 0 saturated carbocycles. The van der Waals surface area contributed by atoms with Gasteiger partial charge in [0.25, 0.3) is 0 Å². The van der Waals surface area contributed by atoms with Crippen LogP contribution in [-0.2, 0) is 12.8 Å². The molecule has 5 rings (SSSR count). The minimum Gasteiger partial charge on any atom is -0.496 e. The quantitative estimate of drug-likeness (QED) is 0.493. The topological polar surface area (TPSA) is 39.9 Å². The van der Waals surface area contributed by atoms with Crippen LogP contribution in [0.4, 0.5) is 0 Å². The number of nitrogens with zero attached hydrogens (tertiary/aromatic N) is 3. The van der Waals surface area contributed by atoms with Gasteiger partial charge in [0.1, 0.15) is 5.75 Å². The molecule has 0 radical (unpaired) electrons. The number of ether oxygens (including phenoxy) is 1. The molecule has 4 aromatic rings. The molecule has 2 heterocycles. The van der Waals surface area contributed by atoms with E-state index in [1.807, 2.05) is 35.0 Å². The highest BCUT2D eigenvalue weighted by Crippen LogP contribution is 2.42. The van der Waals surface area contributed by atoms with E-state index in [1.165, 1.54) is 29.7 Å². The van der Waals surface area contributed by atoms with Crippen molar-refractivity contribution >= 4 is 11.0 Å². The molecule has 2 aromatic heterocycles. The minimum absolute atomic E-state index is 0.898. The van der Waals surface area contributed by atoms with Crippen molar-refractivity contribution < 1.29 is 4.74 Å². The first-order valence-electron chi connectivity index (χ1n) is 9.88. The van der Waals surface area contributed by atoms with Crippen molar-refractivity contribution in [1.29, 1.82) is 0 Å². The number of hydrogen-bond acceptors (Lipinski definition) is 3. The van der Waals surface area contributed by atoms with Gasteiger partial charge in [-0.15, -0.1) is 0 Å². The fraction of sp³-hybridized carbons (Fsp3) is 0.250. The first-order valence-corrected chi connectivity index (χ1v) is 9.88. The minimum atomic E-state index is 0.898. The SMILES string of the molecule is COc1ccccc1-c1c2c(nc3c1c(C)nn3-c1ccccc1)CCCC2. The van der Waals surface area contributed by atoms with Gasteiger partial charge in [-0.3, -0.25) is 0 Å². The molecule has 0 spiro atoms. The van der Waals surface area contributed by atoms with Gasteiger partial charge in [-0.05, 0) is 56.4 Å². The van der Waals surface area contributed by atoms with Gasteiger partial charge in [0, 0.05) is 16.8 Å². The average molecular weight is 369 g/mol. The van der Waals surface area contributed by atoms with E-state index in [9.17, 15) is 0 Å². The first-order chi connectivity index (χ1) is 13.8. The molecule has 0 fully saturated rings. The van der Waals surface area contributed by atoms with Crippen LogP contribution in [0.1, 0.15) is 29.8 Å². The first kappa shape index (κ1) is 17.0. The van der Waals surface area contributed by atoms with Gasteiger partial charge in [-0.1, -0.05) is 36.4 Å². The number of aryl methyl sites for hydroxylation is 2. The van der Waals surface area contributed by atoms with E-state index in [4.69, 9.17) is 14.8 Å². The summed E-state index contributed by atoms with van der Waals surface area (Å²) in [5.41, 5.74) is 7.92. The van der Waals surface area contributed by atoms with Crippen LogP contribution in [-0.4, -0.2) is 21.9 Å². The Bertz CT molecular complexity index is 1160. The highest BCUT2D eigenvalue weighted by Gasteiger charge is 2.25. The Hall–Kier alpha value is -3.14. The van der Waals surface area contributed by atoms with Crippen LogP contribution in [0.25, 0.3) is 27.8 Å². The average Bonchev–Trinajstić information content (AvgIpc) is 3.09. The number of rotatable bonds is 3. The summed E-state index contributed by atoms with van der Waals surface area (Å²) in [5.74, 6) is 0.898. The fourth-order valence-electron chi connectivity index (χ4n) is 4.37. The second-order valence-corrected chi connectivity index (χ2v) is 7.35. The van der Waals surface area contributed by atoms with Gasteiger partial charge in [0.15, 0.2) is 5.65 Å². The van der Waals surface area contributed by atoms with Crippen LogP contribution < -0.4 is 4.74 Å². The van der Waals surface area contributed by atoms with Crippen LogP contribution in [0.2, 0.25) is 0 Å². The lowest BCUT2D eigenvalue weighted by molar-refractivity contribution is 0.416. The number of para-hydroxylation sites is 2. The third-order valence-electron chi connectivity index (χ3n) is 5.64. The lowest BCUT2D eigenvalue weighted by Gasteiger charge is -2.21. The zero-order chi connectivity index (χ0) is 19.1. The summed E-state index contributed by atoms with van der Waals surface area (Å²) in [6, 6.07) is 18.6. The predicted molar refractivity (Wildman–Crippen MR) is 112 cm³/mol. The highest BCUT2D eigenvalue weighted by molar-refractivity contribution is 5.99. The van der Waals surface area contributed by atoms with Gasteiger partial charge in [-0.2, -0.15) is 5.10 Å². The van der Waals surface area contributed by atoms with E-state index in [0.717, 1.165) is 46.6 Å². The Kier molecular flexibility index (Phi) is 4.12. The highest BCUT2D eigenvalue weighted by atomic mass is 16.5. The normalized spacial score (nSPS) is 13.5. The van der Waals surface area contributed by atoms with Crippen LogP contribution in [0.5, 0.6) is 5.75 Å². The zero-order valence-corrected chi connectivity index (χ0v) is 16.3. The maximum absolute atomic E-state index is 5.72. The van der Waals surface area contributed by atoms with Crippen LogP contribution in [0.15, 0.2) is 54.6 Å². The Morgan fingerprint density at radius 1 is 0.929 bits per heavy atom. The summed E-state index contributed by atoms with van der Waals surface area (Å²) in [6.45, 7) is 2.08. The van der Waals surface area contributed by atoms with Gasteiger partial charge in [0.2, 0.25) is 0 Å². The number of pyridine rings is 1. The molecule has 0 amide bonds. The molecule has 140 valence electrons. The van der Waals surface area contributed by atoms with E-state index in [0.29, 0.717) is 0 Å². The van der Waals surface area contributed by atoms with Gasteiger partial charge < -0.3 is 4.74 Å². The summed E-state index contributed by atoms with van der Waals surface area (Å²) >= 11 is 0. The van der Waals surface area contributed by atoms with Crippen molar-refractivity contribution in [3.8, 4) is 22.6 Å². The van der Waals surface area contributed by atoms with Gasteiger partial charge in [0.05, 0.1) is 23.9 Å². The Balaban J connectivity index is 1.90. The molecule has 28 heavy (non-hydrogen) atoms. The summed E-state index contributed by atoms with van der Waals surface area (Å²) in [5, 5.41) is 6.02. The number of methoxy groups -OCH3 is 1. The number of aromatic nitrogens is 3. The summed E-state index contributed by atoms with van der Waals surface area (Å²) < 4.78 is 7.71. The molecule has 4 nitrogen and oxygen atoms in total. The molecule has 0 unspecified atom stereocenters. The third-order valence-corrected chi connectivity index (χ3v) is 5.64. The van der Waals surface area contributed by atoms with Crippen LogP contribution in [0, 0.1) is 6.92 Å². The Morgan fingerprint density at radius 2 is 1.68 bits per heavy atom. The van der Waals surface area contributed by atoms with Crippen molar-refractivity contribution in [1.82, 2.24) is 14.8 Å². The largest absolute Gasteiger partial charge is 0.496 e. The maximum atomic E-state index is 5.72.